The summed E-state index contributed by atoms with van der Waals surface area (Å²) in [6.45, 7) is 0. The lowest BCUT2D eigenvalue weighted by Crippen LogP contribution is -2.01. The topological polar surface area (TPSA) is 69.6 Å². The van der Waals surface area contributed by atoms with Crippen molar-refractivity contribution in [2.24, 2.45) is 0 Å². The molecular weight excluding hydrogens is 903 g/mol. The summed E-state index contributed by atoms with van der Waals surface area (Å²) < 4.78 is 8.73. The molecule has 0 spiro atoms. The number of aromatic nitrogens is 5. The van der Waals surface area contributed by atoms with E-state index in [0.717, 1.165) is 66.5 Å². The summed E-state index contributed by atoms with van der Waals surface area (Å²) in [5.41, 5.74) is 14.1. The Balaban J connectivity index is 0.872. The van der Waals surface area contributed by atoms with E-state index in [1.54, 1.807) is 6.20 Å². The predicted octanol–water partition coefficient (Wildman–Crippen LogP) is 17.7. The van der Waals surface area contributed by atoms with Crippen LogP contribution in [0.2, 0.25) is 0 Å². The second-order valence-electron chi connectivity index (χ2n) is 19.0. The summed E-state index contributed by atoms with van der Waals surface area (Å²) in [7, 11) is 0. The van der Waals surface area contributed by atoms with E-state index in [-0.39, 0.29) is 0 Å². The SMILES string of the molecule is c1cc(-c2cccc(-n3c4cc(-c5ccc6ccccc6c5)ccc4c4c5ccccc5ccc43)c2)cc(-c2nc(-c3ccc(-c4cccc5ccccc45)cc3)nc(-c3cncc4oc5ccccc5c34)n2)c1. The monoisotopic (exact) mass is 943 g/mol. The molecule has 0 N–H and O–H groups in total. The number of nitrogens with zero attached hydrogens (tertiary/aromatic N) is 5. The number of fused-ring (bicyclic) bond motifs is 10. The van der Waals surface area contributed by atoms with Gasteiger partial charge in [-0.2, -0.15) is 0 Å². The van der Waals surface area contributed by atoms with Gasteiger partial charge in [0.05, 0.1) is 17.2 Å². The highest BCUT2D eigenvalue weighted by molar-refractivity contribution is 6.22. The summed E-state index contributed by atoms with van der Waals surface area (Å²) in [5, 5.41) is 11.7. The number of pyridine rings is 1. The van der Waals surface area contributed by atoms with Crippen LogP contribution in [0.5, 0.6) is 0 Å². The largest absolute Gasteiger partial charge is 0.454 e. The van der Waals surface area contributed by atoms with Crippen LogP contribution in [0.15, 0.2) is 253 Å². The predicted molar refractivity (Wildman–Crippen MR) is 304 cm³/mol. The minimum Gasteiger partial charge on any atom is -0.454 e. The van der Waals surface area contributed by atoms with Crippen LogP contribution < -0.4 is 0 Å². The van der Waals surface area contributed by atoms with Gasteiger partial charge in [-0.25, -0.2) is 15.0 Å². The second-order valence-corrected chi connectivity index (χ2v) is 19.0. The van der Waals surface area contributed by atoms with E-state index in [1.807, 2.05) is 24.4 Å². The van der Waals surface area contributed by atoms with E-state index in [1.165, 1.54) is 59.8 Å². The molecule has 74 heavy (non-hydrogen) atoms. The first-order valence-corrected chi connectivity index (χ1v) is 24.9. The van der Waals surface area contributed by atoms with Crippen molar-refractivity contribution in [3.63, 3.8) is 0 Å². The van der Waals surface area contributed by atoms with Crippen LogP contribution in [0.1, 0.15) is 0 Å². The molecular formula is C68H41N5O. The first kappa shape index (κ1) is 41.7. The molecule has 0 aliphatic carbocycles. The van der Waals surface area contributed by atoms with Gasteiger partial charge in [0.25, 0.3) is 0 Å². The van der Waals surface area contributed by atoms with Gasteiger partial charge in [-0.15, -0.1) is 0 Å². The van der Waals surface area contributed by atoms with Gasteiger partial charge in [-0.1, -0.05) is 194 Å². The molecule has 0 saturated heterocycles. The van der Waals surface area contributed by atoms with Crippen LogP contribution in [0, 0.1) is 0 Å². The van der Waals surface area contributed by atoms with Crippen molar-refractivity contribution in [3.05, 3.63) is 249 Å². The van der Waals surface area contributed by atoms with Gasteiger partial charge in [-0.3, -0.25) is 4.98 Å². The summed E-state index contributed by atoms with van der Waals surface area (Å²) in [6.07, 6.45) is 3.59. The van der Waals surface area contributed by atoms with E-state index in [4.69, 9.17) is 19.4 Å². The van der Waals surface area contributed by atoms with Gasteiger partial charge in [-0.05, 0) is 108 Å². The highest BCUT2D eigenvalue weighted by Gasteiger charge is 2.20. The fourth-order valence-electron chi connectivity index (χ4n) is 11.2. The van der Waals surface area contributed by atoms with Crippen LogP contribution in [-0.4, -0.2) is 24.5 Å². The zero-order chi connectivity index (χ0) is 48.7. The molecule has 0 amide bonds. The Hall–Kier alpha value is -10.0. The van der Waals surface area contributed by atoms with Gasteiger partial charge in [0, 0.05) is 50.1 Å². The van der Waals surface area contributed by atoms with E-state index < -0.39 is 0 Å². The van der Waals surface area contributed by atoms with Gasteiger partial charge in [0.15, 0.2) is 23.1 Å². The number of benzene rings is 11. The minimum absolute atomic E-state index is 0.516. The molecule has 0 aliphatic rings. The Kier molecular flexibility index (Phi) is 9.47. The molecule has 15 aromatic rings. The minimum atomic E-state index is 0.516. The first-order valence-electron chi connectivity index (χ1n) is 24.9. The average molecular weight is 944 g/mol. The van der Waals surface area contributed by atoms with E-state index in [9.17, 15) is 0 Å². The summed E-state index contributed by atoms with van der Waals surface area (Å²) in [5.74, 6) is 1.64. The van der Waals surface area contributed by atoms with Gasteiger partial charge in [0.1, 0.15) is 5.58 Å². The average Bonchev–Trinajstić information content (AvgIpc) is 4.03. The van der Waals surface area contributed by atoms with E-state index in [0.29, 0.717) is 23.1 Å². The summed E-state index contributed by atoms with van der Waals surface area (Å²) in [6, 6.07) is 84.4. The maximum atomic E-state index is 6.30. The molecule has 0 saturated carbocycles. The fourth-order valence-corrected chi connectivity index (χ4v) is 11.2. The second kappa shape index (κ2) is 16.8. The summed E-state index contributed by atoms with van der Waals surface area (Å²) in [4.78, 5) is 20.4. The van der Waals surface area contributed by atoms with Gasteiger partial charge < -0.3 is 8.98 Å². The lowest BCUT2D eigenvalue weighted by molar-refractivity contribution is 0.667. The Morgan fingerprint density at radius 1 is 0.297 bits per heavy atom. The van der Waals surface area contributed by atoms with Crippen molar-refractivity contribution in [1.82, 2.24) is 24.5 Å². The molecule has 6 nitrogen and oxygen atoms in total. The van der Waals surface area contributed by atoms with Crippen molar-refractivity contribution >= 4 is 76.1 Å². The maximum Gasteiger partial charge on any atom is 0.166 e. The molecule has 0 unspecified atom stereocenters. The van der Waals surface area contributed by atoms with Crippen molar-refractivity contribution < 1.29 is 4.42 Å². The maximum absolute atomic E-state index is 6.30. The number of rotatable bonds is 7. The number of hydrogen-bond donors (Lipinski definition) is 0. The third-order valence-corrected chi connectivity index (χ3v) is 14.7. The number of hydrogen-bond acceptors (Lipinski definition) is 5. The zero-order valence-electron chi connectivity index (χ0n) is 39.8. The van der Waals surface area contributed by atoms with Crippen LogP contribution in [0.4, 0.5) is 0 Å². The standard InChI is InChI=1S/C68H41N5O/c1-2-15-47-36-50(31-26-42(47)12-1)51-32-34-57-61(39-51)73(60-35-33-44-14-4-6-22-56(44)64(57)60)53-20-10-18-49(38-53)48-17-9-19-52(37-48)67-70-66(46-29-27-45(28-30-46)55-24-11-16-43-13-3-5-21-54(43)55)71-68(72-67)59-40-69-41-63-65(59)58-23-7-8-25-62(58)74-63/h1-41H. The molecule has 15 rings (SSSR count). The molecule has 344 valence electrons. The summed E-state index contributed by atoms with van der Waals surface area (Å²) >= 11 is 0. The number of furan rings is 1. The molecule has 4 heterocycles. The van der Waals surface area contributed by atoms with Gasteiger partial charge >= 0.3 is 0 Å². The Morgan fingerprint density at radius 2 is 0.892 bits per heavy atom. The highest BCUT2D eigenvalue weighted by atomic mass is 16.3. The lowest BCUT2D eigenvalue weighted by atomic mass is 9.97. The molecule has 0 bridgehead atoms. The van der Waals surface area contributed by atoms with E-state index >= 15 is 0 Å². The molecule has 0 atom stereocenters. The molecule has 6 heteroatoms. The molecule has 11 aromatic carbocycles. The van der Waals surface area contributed by atoms with Crippen molar-refractivity contribution in [2.75, 3.05) is 0 Å². The Labute approximate surface area is 425 Å². The zero-order valence-corrected chi connectivity index (χ0v) is 39.8. The number of para-hydroxylation sites is 1. The van der Waals surface area contributed by atoms with E-state index in [2.05, 4.69) is 228 Å². The van der Waals surface area contributed by atoms with Crippen LogP contribution in [0.3, 0.4) is 0 Å². The first-order chi connectivity index (χ1) is 36.6. The normalized spacial score (nSPS) is 11.8. The molecule has 4 aromatic heterocycles. The van der Waals surface area contributed by atoms with Gasteiger partial charge in [0.2, 0.25) is 0 Å². The van der Waals surface area contributed by atoms with Crippen LogP contribution in [0.25, 0.3) is 149 Å². The smallest absolute Gasteiger partial charge is 0.166 e. The fraction of sp³-hybridized carbons (Fsp3) is 0. The third-order valence-electron chi connectivity index (χ3n) is 14.7. The molecule has 0 fully saturated rings. The Morgan fingerprint density at radius 3 is 1.76 bits per heavy atom. The molecule has 0 radical (unpaired) electrons. The van der Waals surface area contributed by atoms with Crippen LogP contribution >= 0.6 is 0 Å². The van der Waals surface area contributed by atoms with Crippen LogP contribution in [-0.2, 0) is 0 Å². The lowest BCUT2D eigenvalue weighted by Gasteiger charge is -2.13. The van der Waals surface area contributed by atoms with Crippen molar-refractivity contribution in [3.8, 4) is 73.2 Å². The Bertz CT molecular complexity index is 4730. The van der Waals surface area contributed by atoms with Crippen molar-refractivity contribution in [2.45, 2.75) is 0 Å². The quantitative estimate of drug-likeness (QED) is 0.159. The van der Waals surface area contributed by atoms with Crippen molar-refractivity contribution in [1.29, 1.82) is 0 Å². The highest BCUT2D eigenvalue weighted by Crippen LogP contribution is 2.41. The molecule has 0 aliphatic heterocycles. The third kappa shape index (κ3) is 6.88.